The number of nitrogens with zero attached hydrogens (tertiary/aromatic N) is 1. The number of anilines is 2. The zero-order valence-electron chi connectivity index (χ0n) is 16.7. The van der Waals surface area contributed by atoms with Gasteiger partial charge in [-0.1, -0.05) is 29.3 Å². The molecule has 0 saturated heterocycles. The van der Waals surface area contributed by atoms with Crippen molar-refractivity contribution in [3.63, 3.8) is 0 Å². The van der Waals surface area contributed by atoms with E-state index in [-0.39, 0.29) is 29.1 Å². The maximum absolute atomic E-state index is 12.7. The van der Waals surface area contributed by atoms with Crippen LogP contribution in [-0.2, 0) is 21.2 Å². The fourth-order valence-electron chi connectivity index (χ4n) is 3.38. The first-order chi connectivity index (χ1) is 15.3. The van der Waals surface area contributed by atoms with E-state index in [9.17, 15) is 13.2 Å². The number of carbonyl (C=O) groups is 1. The molecule has 0 spiro atoms. The van der Waals surface area contributed by atoms with Crippen molar-refractivity contribution in [1.29, 1.82) is 0 Å². The molecule has 1 unspecified atom stereocenters. The molecule has 1 aliphatic rings. The van der Waals surface area contributed by atoms with E-state index in [4.69, 9.17) is 27.9 Å². The Hall–Kier alpha value is -2.81. The molecule has 166 valence electrons. The number of fused-ring (bicyclic) bond motifs is 1. The van der Waals surface area contributed by atoms with Crippen LogP contribution in [0, 0.1) is 5.92 Å². The van der Waals surface area contributed by atoms with Crippen molar-refractivity contribution < 1.29 is 17.9 Å². The Morgan fingerprint density at radius 3 is 2.72 bits per heavy atom. The molecule has 4 rings (SSSR count). The maximum atomic E-state index is 12.7. The van der Waals surface area contributed by atoms with E-state index in [0.717, 1.165) is 5.56 Å². The molecule has 0 aliphatic carbocycles. The number of aromatic nitrogens is 1. The van der Waals surface area contributed by atoms with Gasteiger partial charge in [0.1, 0.15) is 11.6 Å². The normalized spacial score (nSPS) is 15.6. The predicted molar refractivity (Wildman–Crippen MR) is 124 cm³/mol. The first-order valence-corrected chi connectivity index (χ1v) is 12.0. The molecule has 1 atom stereocenters. The number of amides is 1. The molecule has 2 N–H and O–H groups in total. The Kier molecular flexibility index (Phi) is 6.55. The second-order valence-electron chi connectivity index (χ2n) is 7.24. The Morgan fingerprint density at radius 2 is 1.97 bits per heavy atom. The molecule has 0 bridgehead atoms. The number of benzene rings is 2. The minimum absolute atomic E-state index is 0.0981. The number of carbonyl (C=O) groups excluding carboxylic acids is 1. The molecule has 7 nitrogen and oxygen atoms in total. The lowest BCUT2D eigenvalue weighted by atomic mass is 9.91. The molecule has 1 amide bonds. The quantitative estimate of drug-likeness (QED) is 0.495. The summed E-state index contributed by atoms with van der Waals surface area (Å²) in [6, 6.07) is 14.5. The van der Waals surface area contributed by atoms with Crippen LogP contribution in [0.15, 0.2) is 65.7 Å². The van der Waals surface area contributed by atoms with Gasteiger partial charge in [0.2, 0.25) is 5.91 Å². The third kappa shape index (κ3) is 5.15. The zero-order chi connectivity index (χ0) is 22.7. The minimum atomic E-state index is -3.81. The summed E-state index contributed by atoms with van der Waals surface area (Å²) in [6.07, 6.45) is 2.34. The van der Waals surface area contributed by atoms with Gasteiger partial charge in [0.05, 0.1) is 16.5 Å². The topological polar surface area (TPSA) is 97.4 Å². The fraction of sp³-hybridized carbons (Fsp3) is 0.182. The summed E-state index contributed by atoms with van der Waals surface area (Å²) >= 11 is 12.0. The van der Waals surface area contributed by atoms with E-state index in [1.807, 2.05) is 0 Å². The van der Waals surface area contributed by atoms with Crippen molar-refractivity contribution in [3.05, 3.63) is 76.4 Å². The number of nitrogens with one attached hydrogen (secondary N) is 2. The molecule has 0 fully saturated rings. The lowest BCUT2D eigenvalue weighted by molar-refractivity contribution is -0.120. The first-order valence-electron chi connectivity index (χ1n) is 9.77. The maximum Gasteiger partial charge on any atom is 0.263 e. The van der Waals surface area contributed by atoms with Gasteiger partial charge in [-0.2, -0.15) is 0 Å². The van der Waals surface area contributed by atoms with Gasteiger partial charge in [-0.3, -0.25) is 9.52 Å². The van der Waals surface area contributed by atoms with Crippen LogP contribution in [0.4, 0.5) is 11.5 Å². The highest BCUT2D eigenvalue weighted by molar-refractivity contribution is 7.92. The Balaban J connectivity index is 1.45. The highest BCUT2D eigenvalue weighted by atomic mass is 35.5. The van der Waals surface area contributed by atoms with Gasteiger partial charge in [0.25, 0.3) is 10.0 Å². The Bertz CT molecular complexity index is 1250. The SMILES string of the molecule is O=C1Nc2ccc(S(=O)(=O)Nc3ccccn3)cc2CC1CCOc1ccc(Cl)cc1Cl. The van der Waals surface area contributed by atoms with Crippen LogP contribution in [-0.4, -0.2) is 25.9 Å². The number of hydrogen-bond donors (Lipinski definition) is 2. The number of rotatable bonds is 7. The average Bonchev–Trinajstić information content (AvgIpc) is 2.75. The minimum Gasteiger partial charge on any atom is -0.492 e. The standard InChI is InChI=1S/C22H19Cl2N3O4S/c23-16-4-7-20(18(24)13-16)31-10-8-14-11-15-12-17(5-6-19(15)26-22(14)28)32(29,30)27-21-3-1-2-9-25-21/h1-7,9,12-14H,8,10-11H2,(H,25,27)(H,26,28). The number of ether oxygens (including phenoxy) is 1. The highest BCUT2D eigenvalue weighted by Crippen LogP contribution is 2.31. The van der Waals surface area contributed by atoms with E-state index >= 15 is 0 Å². The van der Waals surface area contributed by atoms with Crippen molar-refractivity contribution in [2.75, 3.05) is 16.6 Å². The largest absolute Gasteiger partial charge is 0.492 e. The van der Waals surface area contributed by atoms with Crippen molar-refractivity contribution >= 4 is 50.6 Å². The second-order valence-corrected chi connectivity index (χ2v) is 9.77. The molecule has 2 heterocycles. The van der Waals surface area contributed by atoms with Crippen molar-refractivity contribution in [2.45, 2.75) is 17.7 Å². The number of halogens is 2. The number of hydrogen-bond acceptors (Lipinski definition) is 5. The van der Waals surface area contributed by atoms with E-state index in [2.05, 4.69) is 15.0 Å². The Morgan fingerprint density at radius 1 is 1.12 bits per heavy atom. The van der Waals surface area contributed by atoms with Gasteiger partial charge < -0.3 is 10.1 Å². The third-order valence-electron chi connectivity index (χ3n) is 5.00. The highest BCUT2D eigenvalue weighted by Gasteiger charge is 2.28. The molecular weight excluding hydrogens is 473 g/mol. The van der Waals surface area contributed by atoms with Crippen molar-refractivity contribution in [2.24, 2.45) is 5.92 Å². The summed E-state index contributed by atoms with van der Waals surface area (Å²) in [6.45, 7) is 0.272. The van der Waals surface area contributed by atoms with Crippen LogP contribution in [0.3, 0.4) is 0 Å². The summed E-state index contributed by atoms with van der Waals surface area (Å²) in [5.74, 6) is 0.219. The van der Waals surface area contributed by atoms with Crippen molar-refractivity contribution in [3.8, 4) is 5.75 Å². The summed E-state index contributed by atoms with van der Waals surface area (Å²) in [4.78, 5) is 16.6. The van der Waals surface area contributed by atoms with Gasteiger partial charge in [-0.15, -0.1) is 0 Å². The van der Waals surface area contributed by atoms with Crippen LogP contribution in [0.2, 0.25) is 10.0 Å². The first kappa shape index (κ1) is 22.4. The van der Waals surface area contributed by atoms with Gasteiger partial charge >= 0.3 is 0 Å². The lowest BCUT2D eigenvalue weighted by Crippen LogP contribution is -2.31. The van der Waals surface area contributed by atoms with Crippen LogP contribution in [0.1, 0.15) is 12.0 Å². The summed E-state index contributed by atoms with van der Waals surface area (Å²) in [5, 5.41) is 3.74. The van der Waals surface area contributed by atoms with E-state index in [1.165, 1.54) is 12.3 Å². The molecule has 32 heavy (non-hydrogen) atoms. The summed E-state index contributed by atoms with van der Waals surface area (Å²) in [7, 11) is -3.81. The van der Waals surface area contributed by atoms with Gasteiger partial charge in [-0.25, -0.2) is 13.4 Å². The third-order valence-corrected chi connectivity index (χ3v) is 6.89. The summed E-state index contributed by atoms with van der Waals surface area (Å²) < 4.78 is 33.6. The molecule has 2 aromatic carbocycles. The van der Waals surface area contributed by atoms with E-state index in [0.29, 0.717) is 34.3 Å². The number of pyridine rings is 1. The van der Waals surface area contributed by atoms with Crippen LogP contribution < -0.4 is 14.8 Å². The van der Waals surface area contributed by atoms with Crippen LogP contribution in [0.5, 0.6) is 5.75 Å². The second kappa shape index (κ2) is 9.36. The van der Waals surface area contributed by atoms with E-state index < -0.39 is 10.0 Å². The van der Waals surface area contributed by atoms with Gasteiger partial charge in [0.15, 0.2) is 0 Å². The summed E-state index contributed by atoms with van der Waals surface area (Å²) in [5.41, 5.74) is 1.34. The van der Waals surface area contributed by atoms with Crippen LogP contribution in [0.25, 0.3) is 0 Å². The molecule has 1 aliphatic heterocycles. The molecular formula is C22H19Cl2N3O4S. The van der Waals surface area contributed by atoms with Crippen LogP contribution >= 0.6 is 23.2 Å². The fourth-order valence-corrected chi connectivity index (χ4v) is 4.90. The predicted octanol–water partition coefficient (Wildman–Crippen LogP) is 4.77. The lowest BCUT2D eigenvalue weighted by Gasteiger charge is -2.25. The smallest absolute Gasteiger partial charge is 0.263 e. The van der Waals surface area contributed by atoms with Crippen molar-refractivity contribution in [1.82, 2.24) is 4.98 Å². The van der Waals surface area contributed by atoms with Gasteiger partial charge in [0, 0.05) is 22.8 Å². The molecule has 0 radical (unpaired) electrons. The zero-order valence-corrected chi connectivity index (χ0v) is 19.0. The average molecular weight is 492 g/mol. The molecule has 0 saturated carbocycles. The number of sulfonamides is 1. The molecule has 10 heteroatoms. The van der Waals surface area contributed by atoms with Gasteiger partial charge in [-0.05, 0) is 66.9 Å². The van der Waals surface area contributed by atoms with E-state index in [1.54, 1.807) is 48.5 Å². The Labute approximate surface area is 195 Å². The monoisotopic (exact) mass is 491 g/mol. The molecule has 3 aromatic rings. The molecule has 1 aromatic heterocycles.